The van der Waals surface area contributed by atoms with Crippen LogP contribution in [0.4, 0.5) is 0 Å². The molecular formula is C14H30N2O2. The van der Waals surface area contributed by atoms with Gasteiger partial charge in [0.25, 0.3) is 0 Å². The average molecular weight is 258 g/mol. The zero-order valence-corrected chi connectivity index (χ0v) is 12.4. The van der Waals surface area contributed by atoms with Crippen LogP contribution in [0.15, 0.2) is 0 Å². The summed E-state index contributed by atoms with van der Waals surface area (Å²) < 4.78 is 5.35. The predicted molar refractivity (Wildman–Crippen MR) is 74.8 cm³/mol. The van der Waals surface area contributed by atoms with Crippen LogP contribution < -0.4 is 0 Å². The minimum absolute atomic E-state index is 0.242. The summed E-state index contributed by atoms with van der Waals surface area (Å²) in [5.41, 5.74) is 0. The van der Waals surface area contributed by atoms with Crippen molar-refractivity contribution < 1.29 is 9.84 Å². The predicted octanol–water partition coefficient (Wildman–Crippen LogP) is 0.903. The van der Waals surface area contributed by atoms with Crippen molar-refractivity contribution in [1.29, 1.82) is 0 Å². The summed E-state index contributed by atoms with van der Waals surface area (Å²) in [6.45, 7) is 9.89. The number of aliphatic hydroxyl groups is 1. The zero-order chi connectivity index (χ0) is 13.5. The van der Waals surface area contributed by atoms with Crippen LogP contribution in [0.1, 0.15) is 20.3 Å². The third-order valence-electron chi connectivity index (χ3n) is 3.44. The first-order valence-electron chi connectivity index (χ1n) is 7.12. The molecule has 0 aromatic rings. The normalized spacial score (nSPS) is 22.3. The van der Waals surface area contributed by atoms with Gasteiger partial charge < -0.3 is 14.7 Å². The fourth-order valence-electron chi connectivity index (χ4n) is 2.38. The van der Waals surface area contributed by atoms with Crippen LogP contribution in [0.2, 0.25) is 0 Å². The van der Waals surface area contributed by atoms with Gasteiger partial charge >= 0.3 is 0 Å². The fourth-order valence-corrected chi connectivity index (χ4v) is 2.38. The maximum Gasteiger partial charge on any atom is 0.0718 e. The summed E-state index contributed by atoms with van der Waals surface area (Å²) in [6.07, 6.45) is 0.762. The molecule has 0 aromatic carbocycles. The van der Waals surface area contributed by atoms with E-state index in [0.29, 0.717) is 11.8 Å². The highest BCUT2D eigenvalue weighted by Gasteiger charge is 2.25. The van der Waals surface area contributed by atoms with Crippen molar-refractivity contribution >= 4 is 0 Å². The van der Waals surface area contributed by atoms with E-state index in [9.17, 15) is 5.11 Å². The number of ether oxygens (including phenoxy) is 1. The standard InChI is InChI=1S/C14H30N2O2/c1-12(2)9-16(7-6-15(3)4)10-14(17)13-5-8-18-11-13/h12-14,17H,5-11H2,1-4H3. The molecule has 2 atom stereocenters. The molecule has 1 rings (SSSR count). The monoisotopic (exact) mass is 258 g/mol. The average Bonchev–Trinajstić information content (AvgIpc) is 2.78. The highest BCUT2D eigenvalue weighted by molar-refractivity contribution is 4.76. The first-order valence-corrected chi connectivity index (χ1v) is 7.12. The molecule has 0 aliphatic carbocycles. The Kier molecular flexibility index (Phi) is 7.15. The van der Waals surface area contributed by atoms with Crippen LogP contribution in [0.5, 0.6) is 0 Å². The Hall–Kier alpha value is -0.160. The lowest BCUT2D eigenvalue weighted by atomic mass is 10.0. The van der Waals surface area contributed by atoms with Gasteiger partial charge in [0, 0.05) is 38.7 Å². The molecule has 0 bridgehead atoms. The molecule has 0 saturated carbocycles. The van der Waals surface area contributed by atoms with Crippen molar-refractivity contribution in [2.45, 2.75) is 26.4 Å². The lowest BCUT2D eigenvalue weighted by Gasteiger charge is -2.29. The van der Waals surface area contributed by atoms with E-state index >= 15 is 0 Å². The van der Waals surface area contributed by atoms with E-state index in [1.54, 1.807) is 0 Å². The van der Waals surface area contributed by atoms with Gasteiger partial charge in [-0.1, -0.05) is 13.8 Å². The maximum atomic E-state index is 10.3. The van der Waals surface area contributed by atoms with Crippen LogP contribution in [0, 0.1) is 11.8 Å². The van der Waals surface area contributed by atoms with Crippen LogP contribution in [-0.2, 0) is 4.74 Å². The van der Waals surface area contributed by atoms with Gasteiger partial charge in [0.2, 0.25) is 0 Å². The number of hydrogen-bond donors (Lipinski definition) is 1. The molecule has 1 saturated heterocycles. The fraction of sp³-hybridized carbons (Fsp3) is 1.00. The largest absolute Gasteiger partial charge is 0.391 e. The molecule has 1 fully saturated rings. The Morgan fingerprint density at radius 3 is 2.44 bits per heavy atom. The summed E-state index contributed by atoms with van der Waals surface area (Å²) in [5.74, 6) is 0.971. The van der Waals surface area contributed by atoms with Crippen LogP contribution >= 0.6 is 0 Å². The van der Waals surface area contributed by atoms with E-state index < -0.39 is 0 Å². The minimum Gasteiger partial charge on any atom is -0.391 e. The molecule has 0 spiro atoms. The Bertz CT molecular complexity index is 216. The molecule has 1 aliphatic rings. The number of aliphatic hydroxyl groups excluding tert-OH is 1. The Morgan fingerprint density at radius 2 is 1.94 bits per heavy atom. The molecule has 18 heavy (non-hydrogen) atoms. The second-order valence-corrected chi connectivity index (χ2v) is 6.15. The van der Waals surface area contributed by atoms with E-state index in [0.717, 1.165) is 45.8 Å². The van der Waals surface area contributed by atoms with Gasteiger partial charge in [0.15, 0.2) is 0 Å². The van der Waals surface area contributed by atoms with Gasteiger partial charge in [-0.3, -0.25) is 4.90 Å². The molecule has 0 aromatic heterocycles. The van der Waals surface area contributed by atoms with Gasteiger partial charge in [-0.05, 0) is 26.4 Å². The molecule has 1 N–H and O–H groups in total. The number of rotatable bonds is 8. The SMILES string of the molecule is CC(C)CN(CCN(C)C)CC(O)C1CCOC1. The lowest BCUT2D eigenvalue weighted by molar-refractivity contribution is 0.0503. The number of hydrogen-bond acceptors (Lipinski definition) is 4. The smallest absolute Gasteiger partial charge is 0.0718 e. The van der Waals surface area contributed by atoms with E-state index in [1.807, 2.05) is 0 Å². The minimum atomic E-state index is -0.242. The van der Waals surface area contributed by atoms with Gasteiger partial charge in [0.1, 0.15) is 0 Å². The lowest BCUT2D eigenvalue weighted by Crippen LogP contribution is -2.41. The third kappa shape index (κ3) is 6.14. The number of nitrogens with zero attached hydrogens (tertiary/aromatic N) is 2. The number of likely N-dealkylation sites (N-methyl/N-ethyl adjacent to an activating group) is 1. The van der Waals surface area contributed by atoms with Crippen molar-refractivity contribution in [1.82, 2.24) is 9.80 Å². The van der Waals surface area contributed by atoms with Gasteiger partial charge in [-0.15, -0.1) is 0 Å². The van der Waals surface area contributed by atoms with Crippen LogP contribution in [0.25, 0.3) is 0 Å². The summed E-state index contributed by atoms with van der Waals surface area (Å²) >= 11 is 0. The molecule has 1 heterocycles. The first kappa shape index (κ1) is 15.9. The molecule has 2 unspecified atom stereocenters. The third-order valence-corrected chi connectivity index (χ3v) is 3.44. The molecule has 4 nitrogen and oxygen atoms in total. The summed E-state index contributed by atoms with van der Waals surface area (Å²) in [6, 6.07) is 0. The Balaban J connectivity index is 2.37. The quantitative estimate of drug-likeness (QED) is 0.702. The molecule has 0 radical (unpaired) electrons. The van der Waals surface area contributed by atoms with Crippen LogP contribution in [-0.4, -0.2) is 74.5 Å². The van der Waals surface area contributed by atoms with Crippen LogP contribution in [0.3, 0.4) is 0 Å². The van der Waals surface area contributed by atoms with E-state index in [2.05, 4.69) is 37.7 Å². The van der Waals surface area contributed by atoms with Crippen molar-refractivity contribution in [2.75, 3.05) is 53.5 Å². The molecule has 1 aliphatic heterocycles. The Labute approximate surface area is 112 Å². The van der Waals surface area contributed by atoms with Gasteiger partial charge in [-0.2, -0.15) is 0 Å². The second kappa shape index (κ2) is 8.10. The van der Waals surface area contributed by atoms with E-state index in [-0.39, 0.29) is 6.10 Å². The highest BCUT2D eigenvalue weighted by atomic mass is 16.5. The topological polar surface area (TPSA) is 35.9 Å². The van der Waals surface area contributed by atoms with E-state index in [1.165, 1.54) is 0 Å². The highest BCUT2D eigenvalue weighted by Crippen LogP contribution is 2.17. The van der Waals surface area contributed by atoms with Gasteiger partial charge in [-0.25, -0.2) is 0 Å². The first-order chi connectivity index (χ1) is 8.49. The molecule has 4 heteroatoms. The molecule has 108 valence electrons. The summed E-state index contributed by atoms with van der Waals surface area (Å²) in [4.78, 5) is 4.58. The van der Waals surface area contributed by atoms with Crippen molar-refractivity contribution in [3.63, 3.8) is 0 Å². The Morgan fingerprint density at radius 1 is 1.22 bits per heavy atom. The van der Waals surface area contributed by atoms with Crippen molar-refractivity contribution in [3.05, 3.63) is 0 Å². The van der Waals surface area contributed by atoms with E-state index in [4.69, 9.17) is 4.74 Å². The van der Waals surface area contributed by atoms with Crippen molar-refractivity contribution in [3.8, 4) is 0 Å². The van der Waals surface area contributed by atoms with Gasteiger partial charge in [0.05, 0.1) is 12.7 Å². The second-order valence-electron chi connectivity index (χ2n) is 6.15. The zero-order valence-electron chi connectivity index (χ0n) is 12.4. The molecule has 0 amide bonds. The molecular weight excluding hydrogens is 228 g/mol. The maximum absolute atomic E-state index is 10.3. The summed E-state index contributed by atoms with van der Waals surface area (Å²) in [7, 11) is 4.18. The van der Waals surface area contributed by atoms with Crippen molar-refractivity contribution in [2.24, 2.45) is 11.8 Å². The summed E-state index contributed by atoms with van der Waals surface area (Å²) in [5, 5.41) is 10.3.